The first-order valence-electron chi connectivity index (χ1n) is 7.09. The number of hydrogen-bond donors (Lipinski definition) is 2. The van der Waals surface area contributed by atoms with E-state index in [1.807, 2.05) is 30.5 Å². The number of fused-ring (bicyclic) bond motifs is 1. The number of rotatable bonds is 3. The second kappa shape index (κ2) is 5.57. The van der Waals surface area contributed by atoms with Crippen molar-refractivity contribution in [2.24, 2.45) is 5.92 Å². The van der Waals surface area contributed by atoms with E-state index in [0.29, 0.717) is 12.0 Å². The van der Waals surface area contributed by atoms with E-state index >= 15 is 0 Å². The van der Waals surface area contributed by atoms with Crippen molar-refractivity contribution in [3.8, 4) is 0 Å². The Labute approximate surface area is 113 Å². The lowest BCUT2D eigenvalue weighted by Crippen LogP contribution is -2.34. The van der Waals surface area contributed by atoms with Gasteiger partial charge in [0.05, 0.1) is 5.52 Å². The lowest BCUT2D eigenvalue weighted by Gasteiger charge is -2.32. The molecular formula is C16H20N2O. The maximum Gasteiger partial charge on any atom is 0.0722 e. The molecule has 19 heavy (non-hydrogen) atoms. The molecule has 100 valence electrons. The van der Waals surface area contributed by atoms with Crippen LogP contribution in [0.4, 0.5) is 5.69 Å². The predicted octanol–water partition coefficient (Wildman–Crippen LogP) is 3.20. The quantitative estimate of drug-likeness (QED) is 0.886. The van der Waals surface area contributed by atoms with E-state index in [1.54, 1.807) is 0 Å². The zero-order chi connectivity index (χ0) is 13.1. The minimum absolute atomic E-state index is 0.278. The molecule has 0 saturated heterocycles. The van der Waals surface area contributed by atoms with Crippen molar-refractivity contribution in [3.63, 3.8) is 0 Å². The molecule has 0 bridgehead atoms. The number of nitrogens with one attached hydrogen (secondary N) is 1. The first-order chi connectivity index (χ1) is 9.38. The Balaban J connectivity index is 1.88. The van der Waals surface area contributed by atoms with Crippen molar-refractivity contribution in [1.29, 1.82) is 0 Å². The van der Waals surface area contributed by atoms with E-state index in [4.69, 9.17) is 0 Å². The number of anilines is 1. The fourth-order valence-electron chi connectivity index (χ4n) is 3.04. The number of pyridine rings is 1. The third-order valence-corrected chi connectivity index (χ3v) is 4.13. The van der Waals surface area contributed by atoms with Gasteiger partial charge >= 0.3 is 0 Å². The zero-order valence-corrected chi connectivity index (χ0v) is 11.0. The van der Waals surface area contributed by atoms with Crippen molar-refractivity contribution in [1.82, 2.24) is 4.98 Å². The molecule has 0 aliphatic heterocycles. The van der Waals surface area contributed by atoms with Crippen molar-refractivity contribution in [2.45, 2.75) is 31.7 Å². The summed E-state index contributed by atoms with van der Waals surface area (Å²) in [7, 11) is 0. The minimum atomic E-state index is 0.278. The molecule has 3 heteroatoms. The largest absolute Gasteiger partial charge is 0.396 e. The van der Waals surface area contributed by atoms with E-state index in [0.717, 1.165) is 29.4 Å². The smallest absolute Gasteiger partial charge is 0.0722 e. The number of para-hydroxylation sites is 1. The first kappa shape index (κ1) is 12.4. The van der Waals surface area contributed by atoms with Crippen LogP contribution >= 0.6 is 0 Å². The summed E-state index contributed by atoms with van der Waals surface area (Å²) in [6, 6.07) is 10.6. The molecule has 0 radical (unpaired) electrons. The molecule has 1 aromatic heterocycles. The second-order valence-corrected chi connectivity index (χ2v) is 5.35. The van der Waals surface area contributed by atoms with Gasteiger partial charge in [0, 0.05) is 35.8 Å². The average molecular weight is 256 g/mol. The Bertz CT molecular complexity index is 550. The van der Waals surface area contributed by atoms with Crippen LogP contribution in [0.25, 0.3) is 10.9 Å². The summed E-state index contributed by atoms with van der Waals surface area (Å²) in [5, 5.41) is 14.3. The van der Waals surface area contributed by atoms with Gasteiger partial charge in [-0.2, -0.15) is 0 Å². The highest BCUT2D eigenvalue weighted by Gasteiger charge is 2.24. The highest BCUT2D eigenvalue weighted by molar-refractivity contribution is 5.90. The van der Waals surface area contributed by atoms with Crippen molar-refractivity contribution in [2.75, 3.05) is 11.9 Å². The van der Waals surface area contributed by atoms with E-state index in [9.17, 15) is 5.11 Å². The lowest BCUT2D eigenvalue weighted by atomic mass is 9.85. The molecule has 0 amide bonds. The van der Waals surface area contributed by atoms with Crippen LogP contribution in [0, 0.1) is 5.92 Å². The van der Waals surface area contributed by atoms with Gasteiger partial charge in [-0.1, -0.05) is 31.0 Å². The van der Waals surface area contributed by atoms with Crippen molar-refractivity contribution < 1.29 is 5.11 Å². The van der Waals surface area contributed by atoms with Crippen LogP contribution in [-0.4, -0.2) is 22.7 Å². The molecular weight excluding hydrogens is 236 g/mol. The van der Waals surface area contributed by atoms with Crippen LogP contribution in [-0.2, 0) is 0 Å². The predicted molar refractivity (Wildman–Crippen MR) is 78.2 cm³/mol. The van der Waals surface area contributed by atoms with Crippen LogP contribution in [0.2, 0.25) is 0 Å². The van der Waals surface area contributed by atoms with Gasteiger partial charge in [0.1, 0.15) is 0 Å². The summed E-state index contributed by atoms with van der Waals surface area (Å²) in [5.74, 6) is 0.376. The first-order valence-corrected chi connectivity index (χ1v) is 7.09. The number of aliphatic hydroxyl groups is 1. The van der Waals surface area contributed by atoms with Gasteiger partial charge in [-0.05, 0) is 25.0 Å². The SMILES string of the molecule is OCC1CCCCC1Nc1ccnc2ccccc12. The van der Waals surface area contributed by atoms with Crippen LogP contribution < -0.4 is 5.32 Å². The maximum atomic E-state index is 9.50. The molecule has 1 aliphatic carbocycles. The van der Waals surface area contributed by atoms with Gasteiger partial charge in [0.15, 0.2) is 0 Å². The highest BCUT2D eigenvalue weighted by atomic mass is 16.3. The zero-order valence-electron chi connectivity index (χ0n) is 11.0. The number of aromatic nitrogens is 1. The Morgan fingerprint density at radius 1 is 1.16 bits per heavy atom. The Morgan fingerprint density at radius 3 is 2.89 bits per heavy atom. The fourth-order valence-corrected chi connectivity index (χ4v) is 3.04. The van der Waals surface area contributed by atoms with E-state index in [1.165, 1.54) is 12.8 Å². The highest BCUT2D eigenvalue weighted by Crippen LogP contribution is 2.29. The third kappa shape index (κ3) is 2.56. The molecule has 1 aliphatic rings. The molecule has 2 unspecified atom stereocenters. The second-order valence-electron chi connectivity index (χ2n) is 5.35. The summed E-state index contributed by atoms with van der Waals surface area (Å²) in [6.07, 6.45) is 6.60. The van der Waals surface area contributed by atoms with Gasteiger partial charge in [-0.25, -0.2) is 0 Å². The number of aliphatic hydroxyl groups excluding tert-OH is 1. The van der Waals surface area contributed by atoms with Crippen molar-refractivity contribution in [3.05, 3.63) is 36.5 Å². The van der Waals surface area contributed by atoms with Crippen LogP contribution in [0.1, 0.15) is 25.7 Å². The summed E-state index contributed by atoms with van der Waals surface area (Å²) in [4.78, 5) is 4.38. The summed E-state index contributed by atoms with van der Waals surface area (Å²) in [5.41, 5.74) is 2.15. The molecule has 0 spiro atoms. The van der Waals surface area contributed by atoms with Gasteiger partial charge in [0.2, 0.25) is 0 Å². The van der Waals surface area contributed by atoms with Crippen LogP contribution in [0.5, 0.6) is 0 Å². The molecule has 1 fully saturated rings. The van der Waals surface area contributed by atoms with E-state index < -0.39 is 0 Å². The van der Waals surface area contributed by atoms with Gasteiger partial charge in [-0.3, -0.25) is 4.98 Å². The monoisotopic (exact) mass is 256 g/mol. The average Bonchev–Trinajstić information content (AvgIpc) is 2.48. The number of nitrogens with zero attached hydrogens (tertiary/aromatic N) is 1. The molecule has 2 aromatic rings. The molecule has 3 nitrogen and oxygen atoms in total. The molecule has 2 atom stereocenters. The standard InChI is InChI=1S/C16H20N2O/c19-11-12-5-1-3-7-14(12)18-16-9-10-17-15-8-4-2-6-13(15)16/h2,4,6,8-10,12,14,19H,1,3,5,7,11H2,(H,17,18). The number of benzene rings is 1. The van der Waals surface area contributed by atoms with Crippen molar-refractivity contribution >= 4 is 16.6 Å². The Hall–Kier alpha value is -1.61. The van der Waals surface area contributed by atoms with Crippen LogP contribution in [0.15, 0.2) is 36.5 Å². The molecule has 2 N–H and O–H groups in total. The third-order valence-electron chi connectivity index (χ3n) is 4.13. The van der Waals surface area contributed by atoms with Gasteiger partial charge in [0.25, 0.3) is 0 Å². The topological polar surface area (TPSA) is 45.1 Å². The summed E-state index contributed by atoms with van der Waals surface area (Å²) < 4.78 is 0. The lowest BCUT2D eigenvalue weighted by molar-refractivity contribution is 0.178. The fraction of sp³-hybridized carbons (Fsp3) is 0.438. The normalized spacial score (nSPS) is 23.4. The van der Waals surface area contributed by atoms with Gasteiger partial charge in [-0.15, -0.1) is 0 Å². The molecule has 1 saturated carbocycles. The molecule has 1 aromatic carbocycles. The van der Waals surface area contributed by atoms with Crippen LogP contribution in [0.3, 0.4) is 0 Å². The van der Waals surface area contributed by atoms with Gasteiger partial charge < -0.3 is 10.4 Å². The van der Waals surface area contributed by atoms with E-state index in [2.05, 4.69) is 16.4 Å². The summed E-state index contributed by atoms with van der Waals surface area (Å²) in [6.45, 7) is 0.278. The van der Waals surface area contributed by atoms with E-state index in [-0.39, 0.29) is 6.61 Å². The Morgan fingerprint density at radius 2 is 2.00 bits per heavy atom. The molecule has 3 rings (SSSR count). The summed E-state index contributed by atoms with van der Waals surface area (Å²) >= 11 is 0. The minimum Gasteiger partial charge on any atom is -0.396 e. The number of hydrogen-bond acceptors (Lipinski definition) is 3. The maximum absolute atomic E-state index is 9.50. The molecule has 1 heterocycles. The Kier molecular flexibility index (Phi) is 3.65.